The van der Waals surface area contributed by atoms with Crippen LogP contribution in [0.3, 0.4) is 0 Å². The molecule has 6 N–H and O–H groups in total. The number of carbonyl (C=O) groups is 1. The third-order valence-electron chi connectivity index (χ3n) is 4.30. The van der Waals surface area contributed by atoms with E-state index in [2.05, 4.69) is 48.5 Å². The number of hydrogen-bond acceptors (Lipinski definition) is 9. The number of nitrogens with zero attached hydrogens (tertiary/aromatic N) is 2. The number of thiocarbonyl (C=S) groups is 1. The van der Waals surface area contributed by atoms with Gasteiger partial charge in [-0.2, -0.15) is 0 Å². The normalized spacial score (nSPS) is 14.4. The standard InChI is InChI=1S/C9H14N2O.C7H14N4.C5H12N2S/c1-6-7(2)9(12)8(6)11-5-4-10-3;1-6-7(11-5-10-6)9-4-3-8-2;1-5(8)7-4-3-6-2/h10-11H,2,4-5H2,1,3H3;8H,3-5H2,1-2H3,(H,9,11);6H,3-4H2,1-2H3,(H,7,8). The van der Waals surface area contributed by atoms with Gasteiger partial charge in [0.25, 0.3) is 0 Å². The molecule has 0 saturated carbocycles. The smallest absolute Gasteiger partial charge is 0.208 e. The molecule has 0 aromatic heterocycles. The van der Waals surface area contributed by atoms with Crippen LogP contribution in [-0.4, -0.2) is 89.4 Å². The van der Waals surface area contributed by atoms with E-state index in [1.807, 2.05) is 41.9 Å². The highest BCUT2D eigenvalue weighted by Crippen LogP contribution is 2.25. The maximum absolute atomic E-state index is 11.1. The summed E-state index contributed by atoms with van der Waals surface area (Å²) in [5.74, 6) is 1.00. The van der Waals surface area contributed by atoms with Crippen molar-refractivity contribution in [2.24, 2.45) is 9.98 Å². The van der Waals surface area contributed by atoms with Crippen LogP contribution in [0.5, 0.6) is 0 Å². The summed E-state index contributed by atoms with van der Waals surface area (Å²) in [6.07, 6.45) is 0. The van der Waals surface area contributed by atoms with E-state index >= 15 is 0 Å². The lowest BCUT2D eigenvalue weighted by molar-refractivity contribution is -0.113. The van der Waals surface area contributed by atoms with Crippen molar-refractivity contribution in [3.63, 3.8) is 0 Å². The number of nitrogens with one attached hydrogen (secondary N) is 6. The van der Waals surface area contributed by atoms with E-state index in [4.69, 9.17) is 12.2 Å². The predicted molar refractivity (Wildman–Crippen MR) is 136 cm³/mol. The van der Waals surface area contributed by atoms with Crippen LogP contribution in [0.25, 0.3) is 0 Å². The third kappa shape index (κ3) is 12.3. The molecule has 0 saturated heterocycles. The maximum Gasteiger partial charge on any atom is 0.208 e. The summed E-state index contributed by atoms with van der Waals surface area (Å²) in [7, 11) is 5.73. The van der Waals surface area contributed by atoms with Crippen LogP contribution >= 0.6 is 12.2 Å². The first-order valence-corrected chi connectivity index (χ1v) is 10.9. The molecule has 1 heterocycles. The van der Waals surface area contributed by atoms with Gasteiger partial charge in [0, 0.05) is 44.8 Å². The average molecular weight is 453 g/mol. The van der Waals surface area contributed by atoms with Crippen molar-refractivity contribution in [1.82, 2.24) is 31.9 Å². The van der Waals surface area contributed by atoms with E-state index in [0.717, 1.165) is 67.1 Å². The Kier molecular flexibility index (Phi) is 16.3. The highest BCUT2D eigenvalue weighted by Gasteiger charge is 2.27. The zero-order valence-electron chi connectivity index (χ0n) is 19.9. The van der Waals surface area contributed by atoms with E-state index in [-0.39, 0.29) is 5.78 Å². The van der Waals surface area contributed by atoms with E-state index < -0.39 is 0 Å². The van der Waals surface area contributed by atoms with Gasteiger partial charge >= 0.3 is 0 Å². The first-order valence-electron chi connectivity index (χ1n) is 10.5. The summed E-state index contributed by atoms with van der Waals surface area (Å²) in [6, 6.07) is 0. The molecule has 10 heteroatoms. The Morgan fingerprint density at radius 2 is 1.48 bits per heavy atom. The van der Waals surface area contributed by atoms with Gasteiger partial charge in [-0.1, -0.05) is 18.8 Å². The second kappa shape index (κ2) is 17.5. The minimum absolute atomic E-state index is 0.0589. The van der Waals surface area contributed by atoms with Crippen molar-refractivity contribution in [3.8, 4) is 0 Å². The van der Waals surface area contributed by atoms with Crippen molar-refractivity contribution in [2.45, 2.75) is 20.8 Å². The molecular weight excluding hydrogens is 412 g/mol. The third-order valence-corrected chi connectivity index (χ3v) is 4.45. The number of Topliss-reactive ketones (excluding diaryl/α,β-unsaturated/α-hetero) is 1. The molecule has 0 atom stereocenters. The first-order chi connectivity index (χ1) is 14.8. The fraction of sp³-hybridized carbons (Fsp3) is 0.619. The quantitative estimate of drug-likeness (QED) is 0.156. The number of carbonyl (C=O) groups excluding carboxylic acids is 1. The number of aliphatic imine (C=N–C) groups is 2. The lowest BCUT2D eigenvalue weighted by atomic mass is 9.89. The molecule has 2 rings (SSSR count). The van der Waals surface area contributed by atoms with Gasteiger partial charge in [-0.05, 0) is 47.5 Å². The Morgan fingerprint density at radius 1 is 0.935 bits per heavy atom. The SMILES string of the molecule is C=C1C(=O)C(NCCNC)=C1C.CNCCNC(C)=S.CNCCNC1=NCN=C1C. The van der Waals surface area contributed by atoms with Crippen LogP contribution in [0.4, 0.5) is 0 Å². The van der Waals surface area contributed by atoms with Gasteiger partial charge < -0.3 is 31.9 Å². The lowest BCUT2D eigenvalue weighted by Crippen LogP contribution is -2.34. The van der Waals surface area contributed by atoms with Gasteiger partial charge in [0.1, 0.15) is 12.5 Å². The number of rotatable bonds is 10. The zero-order chi connectivity index (χ0) is 23.6. The van der Waals surface area contributed by atoms with Crippen molar-refractivity contribution in [3.05, 3.63) is 23.4 Å². The highest BCUT2D eigenvalue weighted by atomic mass is 32.1. The Labute approximate surface area is 192 Å². The first kappa shape index (κ1) is 28.9. The van der Waals surface area contributed by atoms with Gasteiger partial charge in [0.2, 0.25) is 5.78 Å². The number of ketones is 1. The molecule has 1 aliphatic carbocycles. The topological polar surface area (TPSA) is 114 Å². The van der Waals surface area contributed by atoms with Gasteiger partial charge in [-0.25, -0.2) is 4.99 Å². The minimum atomic E-state index is 0.0589. The Bertz CT molecular complexity index is 685. The molecule has 31 heavy (non-hydrogen) atoms. The molecule has 2 aliphatic rings. The zero-order valence-corrected chi connectivity index (χ0v) is 20.7. The Balaban J connectivity index is 0.000000446. The molecule has 0 aromatic carbocycles. The monoisotopic (exact) mass is 452 g/mol. The summed E-state index contributed by atoms with van der Waals surface area (Å²) >= 11 is 4.77. The van der Waals surface area contributed by atoms with Crippen LogP contribution in [0, 0.1) is 0 Å². The molecule has 0 fully saturated rings. The van der Waals surface area contributed by atoms with Crippen LogP contribution in [0.15, 0.2) is 33.4 Å². The van der Waals surface area contributed by atoms with Crippen molar-refractivity contribution in [1.29, 1.82) is 0 Å². The molecular formula is C21H40N8OS. The van der Waals surface area contributed by atoms with Crippen LogP contribution in [0.1, 0.15) is 20.8 Å². The van der Waals surface area contributed by atoms with E-state index in [0.29, 0.717) is 12.2 Å². The van der Waals surface area contributed by atoms with Crippen LogP contribution in [-0.2, 0) is 4.79 Å². The molecule has 0 spiro atoms. The second-order valence-electron chi connectivity index (χ2n) is 6.85. The van der Waals surface area contributed by atoms with E-state index in [9.17, 15) is 4.79 Å². The molecule has 9 nitrogen and oxygen atoms in total. The van der Waals surface area contributed by atoms with Gasteiger partial charge in [-0.3, -0.25) is 9.79 Å². The van der Waals surface area contributed by atoms with Crippen LogP contribution < -0.4 is 31.9 Å². The molecule has 0 radical (unpaired) electrons. The van der Waals surface area contributed by atoms with Crippen LogP contribution in [0.2, 0.25) is 0 Å². The molecule has 1 aliphatic heterocycles. The van der Waals surface area contributed by atoms with Gasteiger partial charge in [-0.15, -0.1) is 0 Å². The Morgan fingerprint density at radius 3 is 1.94 bits per heavy atom. The number of likely N-dealkylation sites (N-methyl/N-ethyl adjacent to an activating group) is 3. The fourth-order valence-electron chi connectivity index (χ4n) is 2.36. The summed E-state index contributed by atoms with van der Waals surface area (Å²) < 4.78 is 0. The summed E-state index contributed by atoms with van der Waals surface area (Å²) in [5, 5.41) is 18.3. The van der Waals surface area contributed by atoms with Crippen molar-refractivity contribution < 1.29 is 4.79 Å². The molecule has 176 valence electrons. The fourth-order valence-corrected chi connectivity index (χ4v) is 2.46. The van der Waals surface area contributed by atoms with Crippen molar-refractivity contribution >= 4 is 34.5 Å². The van der Waals surface area contributed by atoms with Gasteiger partial charge in [0.05, 0.1) is 16.4 Å². The lowest BCUT2D eigenvalue weighted by Gasteiger charge is -2.23. The molecule has 0 bridgehead atoms. The Hall–Kier alpha value is -2.14. The predicted octanol–water partition coefficient (Wildman–Crippen LogP) is -0.0231. The maximum atomic E-state index is 11.1. The van der Waals surface area contributed by atoms with Gasteiger partial charge in [0.15, 0.2) is 0 Å². The minimum Gasteiger partial charge on any atom is -0.380 e. The van der Waals surface area contributed by atoms with E-state index in [1.165, 1.54) is 0 Å². The average Bonchev–Trinajstić information content (AvgIpc) is 3.16. The number of amidine groups is 1. The number of allylic oxidation sites excluding steroid dienone is 2. The summed E-state index contributed by atoms with van der Waals surface area (Å²) in [5.41, 5.74) is 3.38. The molecule has 0 amide bonds. The molecule has 0 unspecified atom stereocenters. The van der Waals surface area contributed by atoms with E-state index in [1.54, 1.807) is 0 Å². The highest BCUT2D eigenvalue weighted by molar-refractivity contribution is 7.80. The summed E-state index contributed by atoms with van der Waals surface area (Å²) in [6.45, 7) is 15.4. The second-order valence-corrected chi connectivity index (χ2v) is 7.46. The molecule has 0 aromatic rings. The summed E-state index contributed by atoms with van der Waals surface area (Å²) in [4.78, 5) is 20.3. The largest absolute Gasteiger partial charge is 0.380 e. The van der Waals surface area contributed by atoms with Crippen molar-refractivity contribution in [2.75, 3.05) is 67.1 Å². The number of hydrogen-bond donors (Lipinski definition) is 6.